The van der Waals surface area contributed by atoms with Crippen molar-refractivity contribution in [2.24, 2.45) is 11.8 Å². The fourth-order valence-electron chi connectivity index (χ4n) is 3.10. The van der Waals surface area contributed by atoms with Crippen LogP contribution in [-0.2, 0) is 0 Å². The molecule has 1 aliphatic rings. The molecular weight excluding hydrogens is 236 g/mol. The number of hydrogen-bond acceptors (Lipinski definition) is 3. The van der Waals surface area contributed by atoms with Gasteiger partial charge in [-0.3, -0.25) is 0 Å². The van der Waals surface area contributed by atoms with Crippen LogP contribution in [0.5, 0.6) is 0 Å². The first-order valence-electron chi connectivity index (χ1n) is 7.21. The van der Waals surface area contributed by atoms with Gasteiger partial charge in [-0.2, -0.15) is 9.61 Å². The Bertz CT molecular complexity index is 573. The van der Waals surface area contributed by atoms with Crippen LogP contribution in [0.1, 0.15) is 38.8 Å². The molecule has 1 aliphatic carbocycles. The summed E-state index contributed by atoms with van der Waals surface area (Å²) >= 11 is 0. The smallest absolute Gasteiger partial charge is 0.157 e. The van der Waals surface area contributed by atoms with Gasteiger partial charge in [-0.15, -0.1) is 0 Å². The van der Waals surface area contributed by atoms with Gasteiger partial charge in [-0.05, 0) is 38.0 Å². The largest absolute Gasteiger partial charge is 0.367 e. The van der Waals surface area contributed by atoms with E-state index in [1.807, 2.05) is 17.5 Å². The fraction of sp³-hybridized carbons (Fsp3) is 0.600. The Kier molecular flexibility index (Phi) is 3.17. The van der Waals surface area contributed by atoms with Crippen LogP contribution in [-0.4, -0.2) is 20.6 Å². The summed E-state index contributed by atoms with van der Waals surface area (Å²) in [5.74, 6) is 2.71. The lowest BCUT2D eigenvalue weighted by Crippen LogP contribution is -2.19. The molecule has 0 amide bonds. The average molecular weight is 258 g/mol. The molecule has 2 atom stereocenters. The molecule has 1 fully saturated rings. The minimum atomic E-state index is 0.571. The van der Waals surface area contributed by atoms with Crippen molar-refractivity contribution in [2.45, 2.75) is 46.1 Å². The summed E-state index contributed by atoms with van der Waals surface area (Å²) in [6.07, 6.45) is 5.66. The van der Waals surface area contributed by atoms with E-state index < -0.39 is 0 Å². The van der Waals surface area contributed by atoms with E-state index in [2.05, 4.69) is 35.3 Å². The Morgan fingerprint density at radius 3 is 2.95 bits per heavy atom. The lowest BCUT2D eigenvalue weighted by Gasteiger charge is -2.17. The lowest BCUT2D eigenvalue weighted by atomic mass is 9.94. The van der Waals surface area contributed by atoms with Gasteiger partial charge >= 0.3 is 0 Å². The van der Waals surface area contributed by atoms with Crippen molar-refractivity contribution in [3.63, 3.8) is 0 Å². The average Bonchev–Trinajstić information content (AvgIpc) is 2.96. The number of aromatic nitrogens is 3. The van der Waals surface area contributed by atoms with Crippen LogP contribution in [0.2, 0.25) is 0 Å². The normalized spacial score (nSPS) is 23.4. The Labute approximate surface area is 114 Å². The Morgan fingerprint density at radius 1 is 1.37 bits per heavy atom. The third kappa shape index (κ3) is 2.44. The molecule has 2 aromatic rings. The summed E-state index contributed by atoms with van der Waals surface area (Å²) in [6, 6.07) is 4.61. The standard InChI is InChI=1S/C15H22N4/c1-10(2)12-4-5-13(9-12)18-15-8-11(3)17-14-6-7-16-19(14)15/h6-8,10,12-13,18H,4-5,9H2,1-3H3. The molecule has 3 rings (SSSR count). The zero-order valence-corrected chi connectivity index (χ0v) is 11.9. The molecule has 2 unspecified atom stereocenters. The van der Waals surface area contributed by atoms with Crippen LogP contribution in [0.3, 0.4) is 0 Å². The predicted molar refractivity (Wildman–Crippen MR) is 77.3 cm³/mol. The van der Waals surface area contributed by atoms with Crippen molar-refractivity contribution in [2.75, 3.05) is 5.32 Å². The first-order valence-corrected chi connectivity index (χ1v) is 7.21. The van der Waals surface area contributed by atoms with Gasteiger partial charge in [0.1, 0.15) is 5.82 Å². The molecule has 0 aromatic carbocycles. The molecule has 0 radical (unpaired) electrons. The van der Waals surface area contributed by atoms with Crippen molar-refractivity contribution < 1.29 is 0 Å². The second-order valence-corrected chi connectivity index (χ2v) is 6.04. The molecule has 2 heterocycles. The first-order chi connectivity index (χ1) is 9.13. The van der Waals surface area contributed by atoms with Crippen LogP contribution >= 0.6 is 0 Å². The molecule has 1 N–H and O–H groups in total. The molecule has 1 saturated carbocycles. The van der Waals surface area contributed by atoms with E-state index in [9.17, 15) is 0 Å². The van der Waals surface area contributed by atoms with Crippen molar-refractivity contribution in [3.8, 4) is 0 Å². The second-order valence-electron chi connectivity index (χ2n) is 6.04. The summed E-state index contributed by atoms with van der Waals surface area (Å²) in [5, 5.41) is 8.00. The number of fused-ring (bicyclic) bond motifs is 1. The molecule has 2 aromatic heterocycles. The van der Waals surface area contributed by atoms with Gasteiger partial charge in [0.25, 0.3) is 0 Å². The molecule has 19 heavy (non-hydrogen) atoms. The highest BCUT2D eigenvalue weighted by Crippen LogP contribution is 2.33. The number of rotatable bonds is 3. The lowest BCUT2D eigenvalue weighted by molar-refractivity contribution is 0.393. The summed E-state index contributed by atoms with van der Waals surface area (Å²) in [4.78, 5) is 4.47. The van der Waals surface area contributed by atoms with Gasteiger partial charge in [0.15, 0.2) is 5.65 Å². The topological polar surface area (TPSA) is 42.2 Å². The molecule has 0 bridgehead atoms. The van der Waals surface area contributed by atoms with E-state index in [-0.39, 0.29) is 0 Å². The SMILES string of the molecule is Cc1cc(NC2CCC(C(C)C)C2)n2nccc2n1. The highest BCUT2D eigenvalue weighted by Gasteiger charge is 2.27. The highest BCUT2D eigenvalue weighted by atomic mass is 15.3. The first kappa shape index (κ1) is 12.5. The monoisotopic (exact) mass is 258 g/mol. The number of anilines is 1. The molecular formula is C15H22N4. The molecule has 102 valence electrons. The van der Waals surface area contributed by atoms with E-state index in [4.69, 9.17) is 0 Å². The van der Waals surface area contributed by atoms with Gasteiger partial charge in [-0.25, -0.2) is 4.98 Å². The van der Waals surface area contributed by atoms with Crippen LogP contribution in [0.15, 0.2) is 18.3 Å². The van der Waals surface area contributed by atoms with Gasteiger partial charge in [0.2, 0.25) is 0 Å². The van der Waals surface area contributed by atoms with Crippen LogP contribution in [0.25, 0.3) is 5.65 Å². The number of nitrogens with zero attached hydrogens (tertiary/aromatic N) is 3. The van der Waals surface area contributed by atoms with E-state index >= 15 is 0 Å². The van der Waals surface area contributed by atoms with Gasteiger partial charge in [0, 0.05) is 23.9 Å². The zero-order valence-electron chi connectivity index (χ0n) is 11.9. The summed E-state index contributed by atoms with van der Waals surface area (Å²) in [7, 11) is 0. The quantitative estimate of drug-likeness (QED) is 0.918. The highest BCUT2D eigenvalue weighted by molar-refractivity contribution is 5.49. The number of aryl methyl sites for hydroxylation is 1. The van der Waals surface area contributed by atoms with Crippen molar-refractivity contribution >= 4 is 11.5 Å². The molecule has 4 nitrogen and oxygen atoms in total. The molecule has 4 heteroatoms. The summed E-state index contributed by atoms with van der Waals surface area (Å²) < 4.78 is 1.90. The second kappa shape index (κ2) is 4.83. The van der Waals surface area contributed by atoms with Crippen LogP contribution in [0, 0.1) is 18.8 Å². The van der Waals surface area contributed by atoms with Crippen LogP contribution < -0.4 is 5.32 Å². The van der Waals surface area contributed by atoms with Crippen molar-refractivity contribution in [3.05, 3.63) is 24.0 Å². The van der Waals surface area contributed by atoms with Crippen molar-refractivity contribution in [1.82, 2.24) is 14.6 Å². The maximum Gasteiger partial charge on any atom is 0.157 e. The minimum absolute atomic E-state index is 0.571. The third-order valence-corrected chi connectivity index (χ3v) is 4.26. The van der Waals surface area contributed by atoms with Gasteiger partial charge < -0.3 is 5.32 Å². The Hall–Kier alpha value is -1.58. The van der Waals surface area contributed by atoms with Gasteiger partial charge in [-0.1, -0.05) is 13.8 Å². The predicted octanol–water partition coefficient (Wildman–Crippen LogP) is 3.27. The molecule has 0 saturated heterocycles. The van der Waals surface area contributed by atoms with E-state index in [0.717, 1.165) is 29.0 Å². The van der Waals surface area contributed by atoms with E-state index in [1.54, 1.807) is 6.20 Å². The van der Waals surface area contributed by atoms with E-state index in [1.165, 1.54) is 19.3 Å². The fourth-order valence-corrected chi connectivity index (χ4v) is 3.10. The minimum Gasteiger partial charge on any atom is -0.367 e. The molecule has 0 spiro atoms. The molecule has 0 aliphatic heterocycles. The van der Waals surface area contributed by atoms with Gasteiger partial charge in [0.05, 0.1) is 6.20 Å². The summed E-state index contributed by atoms with van der Waals surface area (Å²) in [5.41, 5.74) is 1.95. The maximum atomic E-state index is 4.47. The third-order valence-electron chi connectivity index (χ3n) is 4.26. The van der Waals surface area contributed by atoms with Crippen molar-refractivity contribution in [1.29, 1.82) is 0 Å². The Balaban J connectivity index is 1.80. The maximum absolute atomic E-state index is 4.47. The Morgan fingerprint density at radius 2 is 2.21 bits per heavy atom. The summed E-state index contributed by atoms with van der Waals surface area (Å²) in [6.45, 7) is 6.69. The zero-order chi connectivity index (χ0) is 13.4. The van der Waals surface area contributed by atoms with Crippen LogP contribution in [0.4, 0.5) is 5.82 Å². The number of nitrogens with one attached hydrogen (secondary N) is 1. The van der Waals surface area contributed by atoms with E-state index in [0.29, 0.717) is 6.04 Å². The number of hydrogen-bond donors (Lipinski definition) is 1.